The zero-order valence-electron chi connectivity index (χ0n) is 21.5. The van der Waals surface area contributed by atoms with Crippen molar-refractivity contribution in [2.24, 2.45) is 0 Å². The van der Waals surface area contributed by atoms with E-state index in [0.717, 1.165) is 70.1 Å². The number of nitrogens with zero attached hydrogens (tertiary/aromatic N) is 3. The summed E-state index contributed by atoms with van der Waals surface area (Å²) in [5.74, 6) is 1.02. The number of carbonyl (C=O) groups excluding carboxylic acids is 1. The van der Waals surface area contributed by atoms with Crippen LogP contribution in [0.25, 0.3) is 0 Å². The van der Waals surface area contributed by atoms with Gasteiger partial charge in [-0.3, -0.25) is 14.6 Å². The van der Waals surface area contributed by atoms with E-state index >= 15 is 0 Å². The largest absolute Gasteiger partial charge is 0.496 e. The monoisotopic (exact) mass is 492 g/mol. The first-order valence-electron chi connectivity index (χ1n) is 13.5. The van der Waals surface area contributed by atoms with Gasteiger partial charge in [0.1, 0.15) is 5.75 Å². The van der Waals surface area contributed by atoms with E-state index in [0.29, 0.717) is 18.6 Å². The van der Waals surface area contributed by atoms with Gasteiger partial charge in [0, 0.05) is 68.2 Å². The smallest absolute Gasteiger partial charge is 0.251 e. The first-order chi connectivity index (χ1) is 17.7. The number of benzene rings is 2. The molecule has 5 rings (SSSR count). The zero-order chi connectivity index (χ0) is 24.7. The molecule has 3 saturated heterocycles. The molecule has 3 fully saturated rings. The van der Waals surface area contributed by atoms with E-state index in [4.69, 9.17) is 9.47 Å². The number of amides is 1. The van der Waals surface area contributed by atoms with Crippen LogP contribution in [0.3, 0.4) is 0 Å². The van der Waals surface area contributed by atoms with Crippen molar-refractivity contribution in [1.82, 2.24) is 15.1 Å². The molecule has 2 aromatic carbocycles. The minimum absolute atomic E-state index is 0.00457. The highest BCUT2D eigenvalue weighted by Crippen LogP contribution is 2.40. The summed E-state index contributed by atoms with van der Waals surface area (Å²) >= 11 is 0. The molecule has 7 nitrogen and oxygen atoms in total. The highest BCUT2D eigenvalue weighted by molar-refractivity contribution is 5.94. The number of hydrogen-bond acceptors (Lipinski definition) is 6. The van der Waals surface area contributed by atoms with Gasteiger partial charge in [0.05, 0.1) is 20.3 Å². The molecular formula is C29H40N4O3. The summed E-state index contributed by atoms with van der Waals surface area (Å²) in [5.41, 5.74) is 3.27. The van der Waals surface area contributed by atoms with E-state index < -0.39 is 0 Å². The molecule has 1 unspecified atom stereocenters. The third-order valence-corrected chi connectivity index (χ3v) is 8.04. The maximum Gasteiger partial charge on any atom is 0.251 e. The summed E-state index contributed by atoms with van der Waals surface area (Å²) in [6.45, 7) is 8.26. The molecule has 7 heteroatoms. The Kier molecular flexibility index (Phi) is 8.41. The van der Waals surface area contributed by atoms with Crippen molar-refractivity contribution < 1.29 is 14.3 Å². The molecule has 3 aliphatic rings. The standard InChI is InChI=1S/C29H40N4O3/c1-35-28-7-3-2-5-26(28)27-6-4-15-33(27)25-12-16-32(17-13-25)24-10-8-23(9-11-24)29(34)30-14-18-31-19-21-36-22-20-31/h2-3,5,7-11,25,27H,4,6,12-22H2,1H3,(H,30,34). The maximum atomic E-state index is 12.6. The quantitative estimate of drug-likeness (QED) is 0.608. The number of likely N-dealkylation sites (tertiary alicyclic amines) is 1. The summed E-state index contributed by atoms with van der Waals surface area (Å²) < 4.78 is 11.1. The molecule has 1 N–H and O–H groups in total. The minimum atomic E-state index is 0.00457. The number of piperidine rings is 1. The van der Waals surface area contributed by atoms with Crippen LogP contribution in [-0.4, -0.2) is 87.9 Å². The van der Waals surface area contributed by atoms with Crippen molar-refractivity contribution in [3.63, 3.8) is 0 Å². The summed E-state index contributed by atoms with van der Waals surface area (Å²) in [5, 5.41) is 3.06. The van der Waals surface area contributed by atoms with E-state index in [2.05, 4.69) is 56.4 Å². The number of methoxy groups -OCH3 is 1. The van der Waals surface area contributed by atoms with Crippen molar-refractivity contribution in [2.75, 3.05) is 71.0 Å². The molecule has 0 aromatic heterocycles. The Hall–Kier alpha value is -2.61. The number of anilines is 1. The predicted octanol–water partition coefficient (Wildman–Crippen LogP) is 3.56. The van der Waals surface area contributed by atoms with Crippen LogP contribution in [0.2, 0.25) is 0 Å². The second-order valence-corrected chi connectivity index (χ2v) is 10.1. The van der Waals surface area contributed by atoms with Crippen molar-refractivity contribution in [1.29, 1.82) is 0 Å². The molecule has 3 heterocycles. The molecule has 1 atom stereocenters. The second kappa shape index (κ2) is 12.1. The van der Waals surface area contributed by atoms with Crippen molar-refractivity contribution in [3.05, 3.63) is 59.7 Å². The fraction of sp³-hybridized carbons (Fsp3) is 0.552. The first kappa shape index (κ1) is 25.1. The second-order valence-electron chi connectivity index (χ2n) is 10.1. The number of nitrogens with one attached hydrogen (secondary N) is 1. The average molecular weight is 493 g/mol. The molecule has 0 radical (unpaired) electrons. The van der Waals surface area contributed by atoms with Crippen LogP contribution in [-0.2, 0) is 4.74 Å². The number of hydrogen-bond donors (Lipinski definition) is 1. The van der Waals surface area contributed by atoms with Gasteiger partial charge < -0.3 is 19.7 Å². The molecule has 1 amide bonds. The molecular weight excluding hydrogens is 452 g/mol. The Labute approximate surface area is 215 Å². The summed E-state index contributed by atoms with van der Waals surface area (Å²) in [6, 6.07) is 17.7. The van der Waals surface area contributed by atoms with Gasteiger partial charge in [-0.05, 0) is 62.6 Å². The number of ether oxygens (including phenoxy) is 2. The lowest BCUT2D eigenvalue weighted by atomic mass is 9.98. The van der Waals surface area contributed by atoms with Gasteiger partial charge in [-0.2, -0.15) is 0 Å². The Morgan fingerprint density at radius 3 is 2.47 bits per heavy atom. The van der Waals surface area contributed by atoms with Gasteiger partial charge >= 0.3 is 0 Å². The van der Waals surface area contributed by atoms with Crippen LogP contribution in [0, 0.1) is 0 Å². The van der Waals surface area contributed by atoms with Crippen molar-refractivity contribution in [3.8, 4) is 5.75 Å². The number of carbonyl (C=O) groups is 1. The number of rotatable bonds is 8. The Morgan fingerprint density at radius 2 is 1.72 bits per heavy atom. The zero-order valence-corrected chi connectivity index (χ0v) is 21.5. The molecule has 2 aromatic rings. The van der Waals surface area contributed by atoms with Gasteiger partial charge in [-0.15, -0.1) is 0 Å². The van der Waals surface area contributed by atoms with Crippen molar-refractivity contribution in [2.45, 2.75) is 37.8 Å². The van der Waals surface area contributed by atoms with Gasteiger partial charge in [-0.1, -0.05) is 18.2 Å². The highest BCUT2D eigenvalue weighted by Gasteiger charge is 2.35. The third-order valence-electron chi connectivity index (χ3n) is 8.04. The van der Waals surface area contributed by atoms with E-state index in [9.17, 15) is 4.79 Å². The lowest BCUT2D eigenvalue weighted by Gasteiger charge is -2.40. The lowest BCUT2D eigenvalue weighted by Crippen LogP contribution is -2.44. The Bertz CT molecular complexity index is 984. The fourth-order valence-electron chi connectivity index (χ4n) is 6.04. The first-order valence-corrected chi connectivity index (χ1v) is 13.5. The Morgan fingerprint density at radius 1 is 0.972 bits per heavy atom. The van der Waals surface area contributed by atoms with Crippen LogP contribution in [0.15, 0.2) is 48.5 Å². The highest BCUT2D eigenvalue weighted by atomic mass is 16.5. The predicted molar refractivity (Wildman–Crippen MR) is 143 cm³/mol. The van der Waals surface area contributed by atoms with Crippen LogP contribution < -0.4 is 15.0 Å². The van der Waals surface area contributed by atoms with E-state index in [1.165, 1.54) is 30.6 Å². The van der Waals surface area contributed by atoms with Crippen LogP contribution in [0.5, 0.6) is 5.75 Å². The molecule has 0 saturated carbocycles. The molecule has 0 aliphatic carbocycles. The van der Waals surface area contributed by atoms with Crippen molar-refractivity contribution >= 4 is 11.6 Å². The fourth-order valence-corrected chi connectivity index (χ4v) is 6.04. The molecule has 0 bridgehead atoms. The van der Waals surface area contributed by atoms with E-state index in [1.807, 2.05) is 12.1 Å². The average Bonchev–Trinajstić information content (AvgIpc) is 3.43. The molecule has 194 valence electrons. The number of para-hydroxylation sites is 1. The molecule has 3 aliphatic heterocycles. The summed E-state index contributed by atoms with van der Waals surface area (Å²) in [7, 11) is 1.77. The number of morpholine rings is 1. The van der Waals surface area contributed by atoms with E-state index in [1.54, 1.807) is 7.11 Å². The lowest BCUT2D eigenvalue weighted by molar-refractivity contribution is 0.0383. The van der Waals surface area contributed by atoms with Gasteiger partial charge in [0.15, 0.2) is 0 Å². The normalized spacial score (nSPS) is 22.0. The van der Waals surface area contributed by atoms with Gasteiger partial charge in [-0.25, -0.2) is 0 Å². The SMILES string of the molecule is COc1ccccc1C1CCCN1C1CCN(c2ccc(C(=O)NCCN3CCOCC3)cc2)CC1. The molecule has 36 heavy (non-hydrogen) atoms. The summed E-state index contributed by atoms with van der Waals surface area (Å²) in [6.07, 6.45) is 4.78. The van der Waals surface area contributed by atoms with E-state index in [-0.39, 0.29) is 5.91 Å². The minimum Gasteiger partial charge on any atom is -0.496 e. The van der Waals surface area contributed by atoms with Crippen LogP contribution >= 0.6 is 0 Å². The van der Waals surface area contributed by atoms with Crippen LogP contribution in [0.4, 0.5) is 5.69 Å². The van der Waals surface area contributed by atoms with Crippen LogP contribution in [0.1, 0.15) is 47.6 Å². The Balaban J connectivity index is 1.11. The third kappa shape index (κ3) is 5.85. The topological polar surface area (TPSA) is 57.3 Å². The van der Waals surface area contributed by atoms with Gasteiger partial charge in [0.25, 0.3) is 5.91 Å². The summed E-state index contributed by atoms with van der Waals surface area (Å²) in [4.78, 5) is 20.1. The maximum absolute atomic E-state index is 12.6. The molecule has 0 spiro atoms. The van der Waals surface area contributed by atoms with Gasteiger partial charge in [0.2, 0.25) is 0 Å².